The van der Waals surface area contributed by atoms with Crippen molar-refractivity contribution in [1.82, 2.24) is 0 Å². The smallest absolute Gasteiger partial charge is 0.0442 e. The van der Waals surface area contributed by atoms with Crippen molar-refractivity contribution in [1.29, 1.82) is 0 Å². The number of hydrogen-bond donors (Lipinski definition) is 0. The molecular formula is C38H22S2. The molecule has 0 unspecified atom stereocenters. The lowest BCUT2D eigenvalue weighted by atomic mass is 9.84. The summed E-state index contributed by atoms with van der Waals surface area (Å²) in [6.45, 7) is 0. The molecule has 7 aromatic carbocycles. The molecule has 0 aliphatic rings. The Balaban J connectivity index is 1.46. The molecule has 0 fully saturated rings. The van der Waals surface area contributed by atoms with E-state index in [-0.39, 0.29) is 0 Å². The van der Waals surface area contributed by atoms with Gasteiger partial charge in [-0.05, 0) is 66.5 Å². The van der Waals surface area contributed by atoms with Gasteiger partial charge in [0.2, 0.25) is 0 Å². The fourth-order valence-corrected chi connectivity index (χ4v) is 8.86. The van der Waals surface area contributed by atoms with Gasteiger partial charge in [0.1, 0.15) is 0 Å². The minimum atomic E-state index is 1.27. The van der Waals surface area contributed by atoms with E-state index < -0.39 is 0 Å². The van der Waals surface area contributed by atoms with Crippen LogP contribution in [0.1, 0.15) is 0 Å². The molecule has 0 atom stereocenters. The van der Waals surface area contributed by atoms with Crippen LogP contribution in [0.25, 0.3) is 84.8 Å². The van der Waals surface area contributed by atoms with Crippen LogP contribution in [-0.2, 0) is 0 Å². The maximum atomic E-state index is 2.33. The Morgan fingerprint density at radius 3 is 1.65 bits per heavy atom. The molecule has 0 saturated carbocycles. The fraction of sp³-hybridized carbons (Fsp3) is 0. The van der Waals surface area contributed by atoms with Gasteiger partial charge in [0.25, 0.3) is 0 Å². The average molecular weight is 543 g/mol. The SMILES string of the molecule is c1ccc2c(-c3c4ccccc4c(-c4cccc5c4sc4c6ccsc6ccc54)c4ccccc34)cccc2c1. The van der Waals surface area contributed by atoms with Crippen LogP contribution in [0.4, 0.5) is 0 Å². The van der Waals surface area contributed by atoms with Gasteiger partial charge >= 0.3 is 0 Å². The van der Waals surface area contributed by atoms with E-state index in [0.29, 0.717) is 0 Å². The van der Waals surface area contributed by atoms with E-state index in [2.05, 4.69) is 133 Å². The van der Waals surface area contributed by atoms with Gasteiger partial charge in [0, 0.05) is 35.8 Å². The highest BCUT2D eigenvalue weighted by Gasteiger charge is 2.20. The lowest BCUT2D eigenvalue weighted by molar-refractivity contribution is 1.69. The van der Waals surface area contributed by atoms with E-state index in [9.17, 15) is 0 Å². The van der Waals surface area contributed by atoms with Crippen molar-refractivity contribution in [3.63, 3.8) is 0 Å². The van der Waals surface area contributed by atoms with Crippen molar-refractivity contribution in [2.75, 3.05) is 0 Å². The highest BCUT2D eigenvalue weighted by Crippen LogP contribution is 2.49. The van der Waals surface area contributed by atoms with Crippen LogP contribution in [0, 0.1) is 0 Å². The molecule has 0 saturated heterocycles. The predicted octanol–water partition coefficient (Wildman–Crippen LogP) is 12.1. The second kappa shape index (κ2) is 8.50. The summed E-state index contributed by atoms with van der Waals surface area (Å²) in [7, 11) is 0. The van der Waals surface area contributed by atoms with Gasteiger partial charge < -0.3 is 0 Å². The third-order valence-electron chi connectivity index (χ3n) is 8.35. The molecule has 0 bridgehead atoms. The topological polar surface area (TPSA) is 0 Å². The Labute approximate surface area is 239 Å². The first-order valence-electron chi connectivity index (χ1n) is 13.6. The molecule has 0 aliphatic carbocycles. The summed E-state index contributed by atoms with van der Waals surface area (Å²) < 4.78 is 4.11. The van der Waals surface area contributed by atoms with Crippen LogP contribution in [0.5, 0.6) is 0 Å². The largest absolute Gasteiger partial charge is 0.144 e. The third kappa shape index (κ3) is 3.06. The molecule has 2 heteroatoms. The highest BCUT2D eigenvalue weighted by atomic mass is 32.1. The molecule has 0 aliphatic heterocycles. The van der Waals surface area contributed by atoms with E-state index in [1.165, 1.54) is 84.8 Å². The van der Waals surface area contributed by atoms with Gasteiger partial charge in [-0.2, -0.15) is 0 Å². The van der Waals surface area contributed by atoms with Crippen molar-refractivity contribution >= 4 is 85.2 Å². The zero-order valence-corrected chi connectivity index (χ0v) is 23.2. The second-order valence-electron chi connectivity index (χ2n) is 10.4. The predicted molar refractivity (Wildman–Crippen MR) is 178 cm³/mol. The van der Waals surface area contributed by atoms with Gasteiger partial charge in [-0.3, -0.25) is 0 Å². The zero-order chi connectivity index (χ0) is 26.2. The van der Waals surface area contributed by atoms with Gasteiger partial charge in [0.05, 0.1) is 0 Å². The molecule has 0 amide bonds. The Bertz CT molecular complexity index is 2370. The van der Waals surface area contributed by atoms with Gasteiger partial charge in [0.15, 0.2) is 0 Å². The number of thiophene rings is 2. The van der Waals surface area contributed by atoms with Gasteiger partial charge in [-0.15, -0.1) is 22.7 Å². The maximum Gasteiger partial charge on any atom is 0.0442 e. The van der Waals surface area contributed by atoms with E-state index in [0.717, 1.165) is 0 Å². The third-order valence-corrected chi connectivity index (χ3v) is 10.5. The molecule has 9 aromatic rings. The highest BCUT2D eigenvalue weighted by molar-refractivity contribution is 7.28. The number of benzene rings is 7. The molecule has 0 spiro atoms. The van der Waals surface area contributed by atoms with E-state index in [1.54, 1.807) is 0 Å². The lowest BCUT2D eigenvalue weighted by Gasteiger charge is -2.19. The minimum absolute atomic E-state index is 1.27. The van der Waals surface area contributed by atoms with Gasteiger partial charge in [-0.1, -0.05) is 115 Å². The quantitative estimate of drug-likeness (QED) is 0.191. The summed E-state index contributed by atoms with van der Waals surface area (Å²) in [6.07, 6.45) is 0. The normalized spacial score (nSPS) is 12.0. The Morgan fingerprint density at radius 2 is 0.900 bits per heavy atom. The van der Waals surface area contributed by atoms with Crippen LogP contribution in [0.15, 0.2) is 133 Å². The first kappa shape index (κ1) is 22.3. The fourth-order valence-electron chi connectivity index (χ4n) is 6.65. The summed E-state index contributed by atoms with van der Waals surface area (Å²) in [5.74, 6) is 0. The zero-order valence-electron chi connectivity index (χ0n) is 21.5. The van der Waals surface area contributed by atoms with Crippen LogP contribution in [0.2, 0.25) is 0 Å². The van der Waals surface area contributed by atoms with E-state index >= 15 is 0 Å². The summed E-state index contributed by atoms with van der Waals surface area (Å²) >= 11 is 3.77. The van der Waals surface area contributed by atoms with Crippen molar-refractivity contribution in [3.8, 4) is 22.3 Å². The molecule has 2 aromatic heterocycles. The number of rotatable bonds is 2. The number of hydrogen-bond acceptors (Lipinski definition) is 2. The molecule has 186 valence electrons. The maximum absolute atomic E-state index is 2.33. The summed E-state index contributed by atoms with van der Waals surface area (Å²) in [5, 5.41) is 14.0. The molecular weight excluding hydrogens is 521 g/mol. The van der Waals surface area contributed by atoms with Crippen molar-refractivity contribution in [3.05, 3.63) is 133 Å². The van der Waals surface area contributed by atoms with Crippen LogP contribution < -0.4 is 0 Å². The first-order valence-corrected chi connectivity index (χ1v) is 15.3. The Kier molecular flexibility index (Phi) is 4.74. The van der Waals surface area contributed by atoms with Gasteiger partial charge in [-0.25, -0.2) is 0 Å². The lowest BCUT2D eigenvalue weighted by Crippen LogP contribution is -1.91. The van der Waals surface area contributed by atoms with Crippen molar-refractivity contribution in [2.45, 2.75) is 0 Å². The second-order valence-corrected chi connectivity index (χ2v) is 12.4. The average Bonchev–Trinajstić information content (AvgIpc) is 3.65. The van der Waals surface area contributed by atoms with Crippen molar-refractivity contribution in [2.24, 2.45) is 0 Å². The minimum Gasteiger partial charge on any atom is -0.144 e. The summed E-state index contributed by atoms with van der Waals surface area (Å²) in [6, 6.07) is 47.2. The Hall–Kier alpha value is -4.50. The standard InChI is InChI=1S/C38H22S2/c1-2-11-24-23(9-1)10-7-16-25(24)35-26-12-3-5-14-28(26)36(29-15-6-4-13-27(29)35)33-18-8-17-30-31-19-20-34-32(21-22-39-34)37(31)40-38(30)33/h1-22H. The monoisotopic (exact) mass is 542 g/mol. The first-order chi connectivity index (χ1) is 19.9. The molecule has 0 radical (unpaired) electrons. The molecule has 0 nitrogen and oxygen atoms in total. The summed E-state index contributed by atoms with van der Waals surface area (Å²) in [5.41, 5.74) is 5.25. The van der Waals surface area contributed by atoms with Crippen LogP contribution >= 0.6 is 22.7 Å². The van der Waals surface area contributed by atoms with Crippen molar-refractivity contribution < 1.29 is 0 Å². The molecule has 2 heterocycles. The van der Waals surface area contributed by atoms with Crippen LogP contribution in [0.3, 0.4) is 0 Å². The van der Waals surface area contributed by atoms with Crippen LogP contribution in [-0.4, -0.2) is 0 Å². The van der Waals surface area contributed by atoms with E-state index in [4.69, 9.17) is 0 Å². The molecule has 9 rings (SSSR count). The molecule has 0 N–H and O–H groups in total. The number of fused-ring (bicyclic) bond motifs is 8. The van der Waals surface area contributed by atoms with E-state index in [1.807, 2.05) is 22.7 Å². The Morgan fingerprint density at radius 1 is 0.350 bits per heavy atom. The molecule has 40 heavy (non-hydrogen) atoms. The summed E-state index contributed by atoms with van der Waals surface area (Å²) in [4.78, 5) is 0.